The SMILES string of the molecule is CC(C)Cc1ccc(C(=O)N2CCC3(CCC(CNC(=O)C4CCCCC4)O3)CC2)cc1. The van der Waals surface area contributed by atoms with Gasteiger partial charge in [0.25, 0.3) is 5.91 Å². The molecule has 5 nitrogen and oxygen atoms in total. The summed E-state index contributed by atoms with van der Waals surface area (Å²) >= 11 is 0. The molecule has 0 radical (unpaired) electrons. The van der Waals surface area contributed by atoms with Crippen LogP contribution in [0, 0.1) is 11.8 Å². The van der Waals surface area contributed by atoms with E-state index in [0.717, 1.165) is 63.6 Å². The van der Waals surface area contributed by atoms with Gasteiger partial charge in [0.1, 0.15) is 0 Å². The lowest BCUT2D eigenvalue weighted by molar-refractivity contribution is -0.127. The van der Waals surface area contributed by atoms with E-state index in [2.05, 4.69) is 31.3 Å². The monoisotopic (exact) mass is 440 g/mol. The first-order chi connectivity index (χ1) is 15.4. The highest BCUT2D eigenvalue weighted by molar-refractivity contribution is 5.94. The van der Waals surface area contributed by atoms with Gasteiger partial charge in [-0.3, -0.25) is 9.59 Å². The van der Waals surface area contributed by atoms with Crippen molar-refractivity contribution < 1.29 is 14.3 Å². The van der Waals surface area contributed by atoms with Crippen molar-refractivity contribution >= 4 is 11.8 Å². The smallest absolute Gasteiger partial charge is 0.253 e. The number of nitrogens with one attached hydrogen (secondary N) is 1. The van der Waals surface area contributed by atoms with Crippen LogP contribution in [-0.4, -0.2) is 48.1 Å². The van der Waals surface area contributed by atoms with Crippen LogP contribution in [0.4, 0.5) is 0 Å². The molecule has 1 aromatic rings. The summed E-state index contributed by atoms with van der Waals surface area (Å²) in [6.45, 7) is 6.54. The maximum Gasteiger partial charge on any atom is 0.253 e. The van der Waals surface area contributed by atoms with Crippen molar-refractivity contribution in [2.24, 2.45) is 11.8 Å². The molecule has 2 aliphatic heterocycles. The largest absolute Gasteiger partial charge is 0.370 e. The zero-order valence-electron chi connectivity index (χ0n) is 19.9. The third-order valence-corrected chi connectivity index (χ3v) is 7.63. The molecule has 2 amide bonds. The number of piperidine rings is 1. The summed E-state index contributed by atoms with van der Waals surface area (Å²) in [4.78, 5) is 27.4. The van der Waals surface area contributed by atoms with Gasteiger partial charge in [0, 0.05) is 31.1 Å². The normalized spacial score (nSPS) is 23.6. The van der Waals surface area contributed by atoms with E-state index < -0.39 is 0 Å². The van der Waals surface area contributed by atoms with E-state index in [-0.39, 0.29) is 29.4 Å². The Labute approximate surface area is 193 Å². The molecule has 1 spiro atoms. The third-order valence-electron chi connectivity index (χ3n) is 7.63. The van der Waals surface area contributed by atoms with Crippen LogP contribution in [0.3, 0.4) is 0 Å². The van der Waals surface area contributed by atoms with Crippen molar-refractivity contribution in [3.8, 4) is 0 Å². The van der Waals surface area contributed by atoms with Crippen molar-refractivity contribution in [1.82, 2.24) is 10.2 Å². The molecule has 4 rings (SSSR count). The Morgan fingerprint density at radius 3 is 2.38 bits per heavy atom. The first-order valence-corrected chi connectivity index (χ1v) is 12.8. The zero-order chi connectivity index (χ0) is 22.6. The topological polar surface area (TPSA) is 58.6 Å². The minimum absolute atomic E-state index is 0.110. The van der Waals surface area contributed by atoms with Crippen molar-refractivity contribution in [1.29, 1.82) is 0 Å². The molecule has 1 N–H and O–H groups in total. The quantitative estimate of drug-likeness (QED) is 0.695. The standard InChI is InChI=1S/C27H40N2O3/c1-20(2)18-21-8-10-23(11-9-21)26(31)29-16-14-27(15-17-29)13-12-24(32-27)19-28-25(30)22-6-4-3-5-7-22/h8-11,20,22,24H,3-7,12-19H2,1-2H3,(H,28,30). The van der Waals surface area contributed by atoms with E-state index >= 15 is 0 Å². The third kappa shape index (κ3) is 5.72. The average molecular weight is 441 g/mol. The molecule has 1 aromatic carbocycles. The van der Waals surface area contributed by atoms with Gasteiger partial charge < -0.3 is 15.0 Å². The van der Waals surface area contributed by atoms with Crippen LogP contribution >= 0.6 is 0 Å². The van der Waals surface area contributed by atoms with Crippen LogP contribution < -0.4 is 5.32 Å². The van der Waals surface area contributed by atoms with Gasteiger partial charge in [0.15, 0.2) is 0 Å². The van der Waals surface area contributed by atoms with Gasteiger partial charge >= 0.3 is 0 Å². The second kappa shape index (κ2) is 10.4. The Hall–Kier alpha value is -1.88. The molecular formula is C27H40N2O3. The Morgan fingerprint density at radius 1 is 1.03 bits per heavy atom. The summed E-state index contributed by atoms with van der Waals surface area (Å²) in [7, 11) is 0. The van der Waals surface area contributed by atoms with E-state index in [1.54, 1.807) is 0 Å². The summed E-state index contributed by atoms with van der Waals surface area (Å²) in [5, 5.41) is 3.15. The predicted molar refractivity (Wildman–Crippen MR) is 127 cm³/mol. The van der Waals surface area contributed by atoms with Gasteiger partial charge in [0.05, 0.1) is 11.7 Å². The van der Waals surface area contributed by atoms with Gasteiger partial charge in [-0.25, -0.2) is 0 Å². The first-order valence-electron chi connectivity index (χ1n) is 12.8. The molecule has 2 heterocycles. The average Bonchev–Trinajstić information content (AvgIpc) is 3.20. The van der Waals surface area contributed by atoms with Crippen LogP contribution in [0.5, 0.6) is 0 Å². The Bertz CT molecular complexity index is 775. The van der Waals surface area contributed by atoms with Crippen LogP contribution in [0.25, 0.3) is 0 Å². The highest BCUT2D eigenvalue weighted by Gasteiger charge is 2.43. The molecular weight excluding hydrogens is 400 g/mol. The molecule has 1 saturated carbocycles. The molecule has 32 heavy (non-hydrogen) atoms. The van der Waals surface area contributed by atoms with Gasteiger partial charge in [-0.1, -0.05) is 45.2 Å². The number of carbonyl (C=O) groups is 2. The second-order valence-corrected chi connectivity index (χ2v) is 10.6. The molecule has 1 atom stereocenters. The summed E-state index contributed by atoms with van der Waals surface area (Å²) in [5.41, 5.74) is 1.96. The highest BCUT2D eigenvalue weighted by atomic mass is 16.5. The van der Waals surface area contributed by atoms with Gasteiger partial charge in [-0.15, -0.1) is 0 Å². The minimum Gasteiger partial charge on any atom is -0.370 e. The second-order valence-electron chi connectivity index (χ2n) is 10.6. The molecule has 3 aliphatic rings. The molecule has 1 aliphatic carbocycles. The Morgan fingerprint density at radius 2 is 1.72 bits per heavy atom. The molecule has 0 aromatic heterocycles. The lowest BCUT2D eigenvalue weighted by atomic mass is 9.88. The van der Waals surface area contributed by atoms with Crippen LogP contribution in [0.2, 0.25) is 0 Å². The number of benzene rings is 1. The fourth-order valence-electron chi connectivity index (χ4n) is 5.69. The number of amides is 2. The van der Waals surface area contributed by atoms with Gasteiger partial charge in [-0.2, -0.15) is 0 Å². The predicted octanol–water partition coefficient (Wildman–Crippen LogP) is 4.74. The maximum atomic E-state index is 13.0. The first kappa shape index (κ1) is 23.3. The van der Waals surface area contributed by atoms with Gasteiger partial charge in [0.2, 0.25) is 5.91 Å². The van der Waals surface area contributed by atoms with E-state index in [1.165, 1.54) is 24.8 Å². The molecule has 5 heteroatoms. The lowest BCUT2D eigenvalue weighted by Gasteiger charge is -2.39. The zero-order valence-corrected chi connectivity index (χ0v) is 19.9. The maximum absolute atomic E-state index is 13.0. The number of ether oxygens (including phenoxy) is 1. The molecule has 0 bridgehead atoms. The van der Waals surface area contributed by atoms with E-state index in [0.29, 0.717) is 12.5 Å². The fourth-order valence-corrected chi connectivity index (χ4v) is 5.69. The Balaban J connectivity index is 1.22. The number of carbonyl (C=O) groups excluding carboxylic acids is 2. The summed E-state index contributed by atoms with van der Waals surface area (Å²) in [6, 6.07) is 8.12. The van der Waals surface area contributed by atoms with Gasteiger partial charge in [-0.05, 0) is 68.6 Å². The molecule has 3 fully saturated rings. The lowest BCUT2D eigenvalue weighted by Crippen LogP contribution is -2.47. The number of hydrogen-bond acceptors (Lipinski definition) is 3. The number of nitrogens with zero attached hydrogens (tertiary/aromatic N) is 1. The fraction of sp³-hybridized carbons (Fsp3) is 0.704. The van der Waals surface area contributed by atoms with E-state index in [9.17, 15) is 9.59 Å². The minimum atomic E-state index is -0.113. The van der Waals surface area contributed by atoms with E-state index in [1.807, 2.05) is 17.0 Å². The summed E-state index contributed by atoms with van der Waals surface area (Å²) in [6.07, 6.45) is 10.6. The van der Waals surface area contributed by atoms with Crippen molar-refractivity contribution in [3.63, 3.8) is 0 Å². The molecule has 2 saturated heterocycles. The van der Waals surface area contributed by atoms with Crippen LogP contribution in [0.1, 0.15) is 87.6 Å². The van der Waals surface area contributed by atoms with Crippen molar-refractivity contribution in [2.75, 3.05) is 19.6 Å². The number of hydrogen-bond donors (Lipinski definition) is 1. The molecule has 1 unspecified atom stereocenters. The van der Waals surface area contributed by atoms with Crippen molar-refractivity contribution in [3.05, 3.63) is 35.4 Å². The number of likely N-dealkylation sites (tertiary alicyclic amines) is 1. The highest BCUT2D eigenvalue weighted by Crippen LogP contribution is 2.39. The van der Waals surface area contributed by atoms with Crippen molar-refractivity contribution in [2.45, 2.75) is 89.8 Å². The Kier molecular flexibility index (Phi) is 7.55. The summed E-state index contributed by atoms with van der Waals surface area (Å²) < 4.78 is 6.46. The molecule has 176 valence electrons. The summed E-state index contributed by atoms with van der Waals surface area (Å²) in [5.74, 6) is 1.16. The van der Waals surface area contributed by atoms with Crippen LogP contribution in [-0.2, 0) is 16.0 Å². The van der Waals surface area contributed by atoms with E-state index in [4.69, 9.17) is 4.74 Å². The van der Waals surface area contributed by atoms with Crippen LogP contribution in [0.15, 0.2) is 24.3 Å². The number of rotatable bonds is 6.